The second kappa shape index (κ2) is 6.60. The standard InChI is InChI=1S/C16H24N2O/c1-12-7-8-13(2)15(11-12)17-10-9-16(19)18-14-5-3-4-6-14/h7-8,11,14,17H,3-6,9-10H2,1-2H3,(H,18,19). The fraction of sp³-hybridized carbons (Fsp3) is 0.562. The van der Waals surface area contributed by atoms with Crippen LogP contribution in [0.25, 0.3) is 0 Å². The van der Waals surface area contributed by atoms with Gasteiger partial charge < -0.3 is 10.6 Å². The Labute approximate surface area is 115 Å². The van der Waals surface area contributed by atoms with Gasteiger partial charge in [-0.2, -0.15) is 0 Å². The van der Waals surface area contributed by atoms with Crippen LogP contribution in [0, 0.1) is 13.8 Å². The first-order valence-electron chi connectivity index (χ1n) is 7.25. The summed E-state index contributed by atoms with van der Waals surface area (Å²) in [5, 5.41) is 6.46. The molecule has 0 saturated heterocycles. The molecular formula is C16H24N2O. The fourth-order valence-corrected chi connectivity index (χ4v) is 2.61. The van der Waals surface area contributed by atoms with E-state index in [9.17, 15) is 4.79 Å². The molecule has 0 heterocycles. The van der Waals surface area contributed by atoms with Crippen molar-refractivity contribution in [1.82, 2.24) is 5.32 Å². The first-order chi connectivity index (χ1) is 9.15. The van der Waals surface area contributed by atoms with Crippen molar-refractivity contribution in [1.29, 1.82) is 0 Å². The van der Waals surface area contributed by atoms with E-state index in [4.69, 9.17) is 0 Å². The van der Waals surface area contributed by atoms with Crippen LogP contribution in [0.1, 0.15) is 43.2 Å². The second-order valence-corrected chi connectivity index (χ2v) is 5.54. The average Bonchev–Trinajstić information content (AvgIpc) is 2.86. The molecular weight excluding hydrogens is 236 g/mol. The van der Waals surface area contributed by atoms with E-state index in [1.54, 1.807) is 0 Å². The number of amides is 1. The van der Waals surface area contributed by atoms with E-state index in [2.05, 4.69) is 42.7 Å². The van der Waals surface area contributed by atoms with Gasteiger partial charge in [-0.3, -0.25) is 4.79 Å². The quantitative estimate of drug-likeness (QED) is 0.854. The summed E-state index contributed by atoms with van der Waals surface area (Å²) in [7, 11) is 0. The van der Waals surface area contributed by atoms with Crippen LogP contribution in [0.5, 0.6) is 0 Å². The van der Waals surface area contributed by atoms with Gasteiger partial charge in [0.05, 0.1) is 0 Å². The van der Waals surface area contributed by atoms with Crippen LogP contribution < -0.4 is 10.6 Å². The number of carbonyl (C=O) groups is 1. The number of hydrogen-bond donors (Lipinski definition) is 2. The molecule has 3 heteroatoms. The zero-order valence-corrected chi connectivity index (χ0v) is 12.0. The molecule has 104 valence electrons. The van der Waals surface area contributed by atoms with Gasteiger partial charge in [-0.05, 0) is 43.9 Å². The summed E-state index contributed by atoms with van der Waals surface area (Å²) in [4.78, 5) is 11.8. The molecule has 1 aliphatic rings. The van der Waals surface area contributed by atoms with Gasteiger partial charge in [0.25, 0.3) is 0 Å². The lowest BCUT2D eigenvalue weighted by Gasteiger charge is -2.13. The third-order valence-corrected chi connectivity index (χ3v) is 3.78. The Morgan fingerprint density at radius 1 is 1.26 bits per heavy atom. The molecule has 1 amide bonds. The van der Waals surface area contributed by atoms with Gasteiger partial charge in [-0.25, -0.2) is 0 Å². The Balaban J connectivity index is 1.73. The predicted molar refractivity (Wildman–Crippen MR) is 79.4 cm³/mol. The highest BCUT2D eigenvalue weighted by Crippen LogP contribution is 2.18. The van der Waals surface area contributed by atoms with Gasteiger partial charge in [-0.1, -0.05) is 25.0 Å². The third-order valence-electron chi connectivity index (χ3n) is 3.78. The van der Waals surface area contributed by atoms with Gasteiger partial charge in [0, 0.05) is 24.7 Å². The molecule has 2 N–H and O–H groups in total. The number of nitrogens with one attached hydrogen (secondary N) is 2. The van der Waals surface area contributed by atoms with Crippen molar-refractivity contribution in [2.24, 2.45) is 0 Å². The lowest BCUT2D eigenvalue weighted by atomic mass is 10.1. The van der Waals surface area contributed by atoms with Crippen molar-refractivity contribution >= 4 is 11.6 Å². The summed E-state index contributed by atoms with van der Waals surface area (Å²) in [6, 6.07) is 6.77. The molecule has 19 heavy (non-hydrogen) atoms. The Kier molecular flexibility index (Phi) is 4.83. The smallest absolute Gasteiger partial charge is 0.221 e. The number of benzene rings is 1. The first-order valence-corrected chi connectivity index (χ1v) is 7.25. The highest BCUT2D eigenvalue weighted by molar-refractivity contribution is 5.76. The highest BCUT2D eigenvalue weighted by atomic mass is 16.1. The van der Waals surface area contributed by atoms with Crippen LogP contribution in [0.4, 0.5) is 5.69 Å². The maximum atomic E-state index is 11.8. The minimum absolute atomic E-state index is 0.171. The molecule has 3 nitrogen and oxygen atoms in total. The van der Waals surface area contributed by atoms with Gasteiger partial charge in [-0.15, -0.1) is 0 Å². The van der Waals surface area contributed by atoms with Crippen LogP contribution in [-0.4, -0.2) is 18.5 Å². The summed E-state index contributed by atoms with van der Waals surface area (Å²) >= 11 is 0. The van der Waals surface area contributed by atoms with Crippen molar-refractivity contribution in [3.8, 4) is 0 Å². The average molecular weight is 260 g/mol. The lowest BCUT2D eigenvalue weighted by Crippen LogP contribution is -2.33. The number of aryl methyl sites for hydroxylation is 2. The summed E-state index contributed by atoms with van der Waals surface area (Å²) < 4.78 is 0. The Hall–Kier alpha value is -1.51. The number of carbonyl (C=O) groups excluding carboxylic acids is 1. The normalized spacial score (nSPS) is 15.5. The van der Waals surface area contributed by atoms with Crippen LogP contribution in [0.2, 0.25) is 0 Å². The zero-order valence-electron chi connectivity index (χ0n) is 12.0. The van der Waals surface area contributed by atoms with Crippen molar-refractivity contribution in [2.75, 3.05) is 11.9 Å². The SMILES string of the molecule is Cc1ccc(C)c(NCCC(=O)NC2CCCC2)c1. The Morgan fingerprint density at radius 3 is 2.74 bits per heavy atom. The molecule has 0 spiro atoms. The maximum Gasteiger partial charge on any atom is 0.221 e. The van der Waals surface area contributed by atoms with E-state index < -0.39 is 0 Å². The monoisotopic (exact) mass is 260 g/mol. The Morgan fingerprint density at radius 2 is 2.00 bits per heavy atom. The molecule has 0 aromatic heterocycles. The van der Waals surface area contributed by atoms with E-state index in [-0.39, 0.29) is 5.91 Å². The van der Waals surface area contributed by atoms with Gasteiger partial charge >= 0.3 is 0 Å². The number of hydrogen-bond acceptors (Lipinski definition) is 2. The van der Waals surface area contributed by atoms with E-state index in [0.717, 1.165) is 18.5 Å². The largest absolute Gasteiger partial charge is 0.384 e. The molecule has 1 aromatic rings. The van der Waals surface area contributed by atoms with E-state index in [1.165, 1.54) is 24.0 Å². The van der Waals surface area contributed by atoms with Crippen LogP contribution in [-0.2, 0) is 4.79 Å². The van der Waals surface area contributed by atoms with Gasteiger partial charge in [0.2, 0.25) is 5.91 Å². The Bertz CT molecular complexity index is 436. The number of anilines is 1. The topological polar surface area (TPSA) is 41.1 Å². The molecule has 1 aliphatic carbocycles. The minimum Gasteiger partial charge on any atom is -0.384 e. The molecule has 0 unspecified atom stereocenters. The highest BCUT2D eigenvalue weighted by Gasteiger charge is 2.16. The van der Waals surface area contributed by atoms with Crippen LogP contribution >= 0.6 is 0 Å². The molecule has 1 fully saturated rings. The van der Waals surface area contributed by atoms with Crippen molar-refractivity contribution in [3.63, 3.8) is 0 Å². The molecule has 1 aromatic carbocycles. The molecule has 0 atom stereocenters. The number of rotatable bonds is 5. The maximum absolute atomic E-state index is 11.8. The summed E-state index contributed by atoms with van der Waals surface area (Å²) in [5.41, 5.74) is 3.60. The zero-order chi connectivity index (χ0) is 13.7. The van der Waals surface area contributed by atoms with Gasteiger partial charge in [0.15, 0.2) is 0 Å². The molecule has 0 bridgehead atoms. The van der Waals surface area contributed by atoms with E-state index >= 15 is 0 Å². The molecule has 2 rings (SSSR count). The summed E-state index contributed by atoms with van der Waals surface area (Å²) in [6.07, 6.45) is 5.35. The summed E-state index contributed by atoms with van der Waals surface area (Å²) in [5.74, 6) is 0.171. The van der Waals surface area contributed by atoms with Crippen LogP contribution in [0.15, 0.2) is 18.2 Å². The minimum atomic E-state index is 0.171. The van der Waals surface area contributed by atoms with Gasteiger partial charge in [0.1, 0.15) is 0 Å². The third kappa shape index (κ3) is 4.27. The second-order valence-electron chi connectivity index (χ2n) is 5.54. The predicted octanol–water partition coefficient (Wildman–Crippen LogP) is 3.16. The lowest BCUT2D eigenvalue weighted by molar-refractivity contribution is -0.121. The fourth-order valence-electron chi connectivity index (χ4n) is 2.61. The molecule has 0 aliphatic heterocycles. The molecule has 1 saturated carbocycles. The van der Waals surface area contributed by atoms with Crippen molar-refractivity contribution < 1.29 is 4.79 Å². The van der Waals surface area contributed by atoms with E-state index in [1.807, 2.05) is 0 Å². The summed E-state index contributed by atoms with van der Waals surface area (Å²) in [6.45, 7) is 4.86. The van der Waals surface area contributed by atoms with Crippen molar-refractivity contribution in [3.05, 3.63) is 29.3 Å². The first kappa shape index (κ1) is 13.9. The molecule has 0 radical (unpaired) electrons. The van der Waals surface area contributed by atoms with Crippen LogP contribution in [0.3, 0.4) is 0 Å². The van der Waals surface area contributed by atoms with E-state index in [0.29, 0.717) is 19.0 Å². The van der Waals surface area contributed by atoms with Crippen molar-refractivity contribution in [2.45, 2.75) is 52.0 Å².